The zero-order valence-corrected chi connectivity index (χ0v) is 8.17. The molecule has 74 valence electrons. The van der Waals surface area contributed by atoms with Crippen molar-refractivity contribution >= 4 is 0 Å². The molecule has 0 aliphatic rings. The number of rotatable bonds is 5. The van der Waals surface area contributed by atoms with Gasteiger partial charge in [-0.15, -0.1) is 0 Å². The van der Waals surface area contributed by atoms with Gasteiger partial charge >= 0.3 is 0 Å². The smallest absolute Gasteiger partial charge is 0.0535 e. The van der Waals surface area contributed by atoms with Gasteiger partial charge in [-0.25, -0.2) is 0 Å². The van der Waals surface area contributed by atoms with Gasteiger partial charge in [0.05, 0.1) is 12.3 Å². The van der Waals surface area contributed by atoms with Gasteiger partial charge in [0.1, 0.15) is 0 Å². The third-order valence-electron chi connectivity index (χ3n) is 1.99. The summed E-state index contributed by atoms with van der Waals surface area (Å²) < 4.78 is 0. The van der Waals surface area contributed by atoms with E-state index in [9.17, 15) is 0 Å². The predicted octanol–water partition coefficient (Wildman–Crippen LogP) is 0.579. The van der Waals surface area contributed by atoms with E-state index in [-0.39, 0.29) is 6.10 Å². The molecule has 0 aliphatic carbocycles. The second-order valence-corrected chi connectivity index (χ2v) is 3.33. The Bertz CT molecular complexity index is 245. The molecule has 0 saturated heterocycles. The molecule has 0 aliphatic heterocycles. The van der Waals surface area contributed by atoms with Gasteiger partial charge in [0, 0.05) is 17.8 Å². The van der Waals surface area contributed by atoms with Crippen molar-refractivity contribution < 1.29 is 5.11 Å². The van der Waals surface area contributed by atoms with Crippen LogP contribution in [0.4, 0.5) is 0 Å². The summed E-state index contributed by atoms with van der Waals surface area (Å²) in [5, 5.41) is 19.0. The van der Waals surface area contributed by atoms with Crippen molar-refractivity contribution in [1.29, 1.82) is 0 Å². The standard InChI is InChI=1S/C9H17N3O/c1-7(13)3-4-10-5-9-6-11-12-8(9)2/h6-7,10,13H,3-5H2,1-2H3,(H,11,12). The molecule has 4 nitrogen and oxygen atoms in total. The summed E-state index contributed by atoms with van der Waals surface area (Å²) in [6, 6.07) is 0. The molecule has 0 amide bonds. The molecule has 1 aromatic rings. The lowest BCUT2D eigenvalue weighted by Gasteiger charge is -2.05. The Labute approximate surface area is 78.4 Å². The third kappa shape index (κ3) is 3.57. The quantitative estimate of drug-likeness (QED) is 0.585. The minimum absolute atomic E-state index is 0.224. The van der Waals surface area contributed by atoms with Crippen molar-refractivity contribution in [3.63, 3.8) is 0 Å². The van der Waals surface area contributed by atoms with Crippen molar-refractivity contribution in [3.05, 3.63) is 17.5 Å². The van der Waals surface area contributed by atoms with Crippen LogP contribution in [-0.4, -0.2) is 28.0 Å². The van der Waals surface area contributed by atoms with E-state index in [1.165, 1.54) is 5.56 Å². The second-order valence-electron chi connectivity index (χ2n) is 3.33. The maximum Gasteiger partial charge on any atom is 0.0535 e. The molecule has 4 heteroatoms. The molecule has 13 heavy (non-hydrogen) atoms. The Morgan fingerprint density at radius 1 is 1.69 bits per heavy atom. The third-order valence-corrected chi connectivity index (χ3v) is 1.99. The SMILES string of the molecule is Cc1[nH]ncc1CNCCC(C)O. The molecular formula is C9H17N3O. The molecule has 1 aromatic heterocycles. The van der Waals surface area contributed by atoms with Crippen LogP contribution in [0.25, 0.3) is 0 Å². The first-order valence-corrected chi connectivity index (χ1v) is 4.57. The average Bonchev–Trinajstić information content (AvgIpc) is 2.45. The van der Waals surface area contributed by atoms with Crippen LogP contribution < -0.4 is 5.32 Å². The molecule has 3 N–H and O–H groups in total. The van der Waals surface area contributed by atoms with Gasteiger partial charge in [0.15, 0.2) is 0 Å². The highest BCUT2D eigenvalue weighted by Crippen LogP contribution is 2.01. The number of aliphatic hydroxyl groups is 1. The van der Waals surface area contributed by atoms with Gasteiger partial charge in [0.25, 0.3) is 0 Å². The molecule has 0 aromatic carbocycles. The monoisotopic (exact) mass is 183 g/mol. The Balaban J connectivity index is 2.17. The zero-order valence-electron chi connectivity index (χ0n) is 8.17. The van der Waals surface area contributed by atoms with Crippen LogP contribution >= 0.6 is 0 Å². The van der Waals surface area contributed by atoms with Crippen molar-refractivity contribution in [2.24, 2.45) is 0 Å². The van der Waals surface area contributed by atoms with E-state index in [2.05, 4.69) is 15.5 Å². The van der Waals surface area contributed by atoms with E-state index in [4.69, 9.17) is 5.11 Å². The zero-order chi connectivity index (χ0) is 9.68. The van der Waals surface area contributed by atoms with Crippen LogP contribution in [0, 0.1) is 6.92 Å². The molecule has 0 fully saturated rings. The van der Waals surface area contributed by atoms with Crippen LogP contribution in [0.15, 0.2) is 6.20 Å². The predicted molar refractivity (Wildman–Crippen MR) is 51.3 cm³/mol. The van der Waals surface area contributed by atoms with Crippen molar-refractivity contribution in [1.82, 2.24) is 15.5 Å². The van der Waals surface area contributed by atoms with Crippen LogP contribution in [0.3, 0.4) is 0 Å². The minimum atomic E-state index is -0.224. The lowest BCUT2D eigenvalue weighted by atomic mass is 10.2. The Morgan fingerprint density at radius 2 is 2.46 bits per heavy atom. The maximum absolute atomic E-state index is 9.01. The van der Waals surface area contributed by atoms with Gasteiger partial charge in [-0.3, -0.25) is 5.10 Å². The normalized spacial score (nSPS) is 13.2. The number of H-pyrrole nitrogens is 1. The van der Waals surface area contributed by atoms with E-state index in [1.807, 2.05) is 13.1 Å². The van der Waals surface area contributed by atoms with Crippen molar-refractivity contribution in [2.45, 2.75) is 32.9 Å². The molecule has 1 rings (SSSR count). The summed E-state index contributed by atoms with van der Waals surface area (Å²) in [5.74, 6) is 0. The average molecular weight is 183 g/mol. The second kappa shape index (κ2) is 4.99. The van der Waals surface area contributed by atoms with Gasteiger partial charge < -0.3 is 10.4 Å². The summed E-state index contributed by atoms with van der Waals surface area (Å²) in [6.07, 6.45) is 2.39. The van der Waals surface area contributed by atoms with E-state index in [0.717, 1.165) is 25.2 Å². The Kier molecular flexibility index (Phi) is 3.92. The van der Waals surface area contributed by atoms with E-state index < -0.39 is 0 Å². The van der Waals surface area contributed by atoms with E-state index >= 15 is 0 Å². The fraction of sp³-hybridized carbons (Fsp3) is 0.667. The van der Waals surface area contributed by atoms with E-state index in [1.54, 1.807) is 6.92 Å². The van der Waals surface area contributed by atoms with Gasteiger partial charge in [-0.2, -0.15) is 5.10 Å². The summed E-state index contributed by atoms with van der Waals surface area (Å²) in [7, 11) is 0. The highest BCUT2D eigenvalue weighted by molar-refractivity contribution is 5.13. The Hall–Kier alpha value is -0.870. The summed E-state index contributed by atoms with van der Waals surface area (Å²) in [4.78, 5) is 0. The Morgan fingerprint density at radius 3 is 3.00 bits per heavy atom. The molecule has 1 atom stereocenters. The fourth-order valence-corrected chi connectivity index (χ4v) is 1.09. The molecule has 0 radical (unpaired) electrons. The van der Waals surface area contributed by atoms with Crippen molar-refractivity contribution in [2.75, 3.05) is 6.54 Å². The number of aromatic nitrogens is 2. The largest absolute Gasteiger partial charge is 0.393 e. The van der Waals surface area contributed by atoms with Gasteiger partial charge in [-0.1, -0.05) is 0 Å². The first-order chi connectivity index (χ1) is 6.20. The molecule has 0 saturated carbocycles. The highest BCUT2D eigenvalue weighted by Gasteiger charge is 1.99. The van der Waals surface area contributed by atoms with Crippen LogP contribution in [0.5, 0.6) is 0 Å². The van der Waals surface area contributed by atoms with Gasteiger partial charge in [0.2, 0.25) is 0 Å². The number of aliphatic hydroxyl groups excluding tert-OH is 1. The molecule has 0 spiro atoms. The highest BCUT2D eigenvalue weighted by atomic mass is 16.3. The van der Waals surface area contributed by atoms with Crippen LogP contribution in [-0.2, 0) is 6.54 Å². The maximum atomic E-state index is 9.01. The molecular weight excluding hydrogens is 166 g/mol. The first-order valence-electron chi connectivity index (χ1n) is 4.57. The summed E-state index contributed by atoms with van der Waals surface area (Å²) in [6.45, 7) is 5.45. The van der Waals surface area contributed by atoms with Crippen LogP contribution in [0.2, 0.25) is 0 Å². The number of aromatic amines is 1. The van der Waals surface area contributed by atoms with Gasteiger partial charge in [-0.05, 0) is 26.8 Å². The first kappa shape index (κ1) is 10.2. The lowest BCUT2D eigenvalue weighted by Crippen LogP contribution is -2.18. The number of nitrogens with zero attached hydrogens (tertiary/aromatic N) is 1. The number of aryl methyl sites for hydroxylation is 1. The number of hydrogen-bond donors (Lipinski definition) is 3. The lowest BCUT2D eigenvalue weighted by molar-refractivity contribution is 0.183. The number of nitrogens with one attached hydrogen (secondary N) is 2. The van der Waals surface area contributed by atoms with E-state index in [0.29, 0.717) is 0 Å². The summed E-state index contributed by atoms with van der Waals surface area (Å²) >= 11 is 0. The minimum Gasteiger partial charge on any atom is -0.393 e. The fourth-order valence-electron chi connectivity index (χ4n) is 1.09. The topological polar surface area (TPSA) is 60.9 Å². The molecule has 0 bridgehead atoms. The number of hydrogen-bond acceptors (Lipinski definition) is 3. The molecule has 1 unspecified atom stereocenters. The van der Waals surface area contributed by atoms with Crippen molar-refractivity contribution in [3.8, 4) is 0 Å². The summed E-state index contributed by atoms with van der Waals surface area (Å²) in [5.41, 5.74) is 2.29. The van der Waals surface area contributed by atoms with Crippen LogP contribution in [0.1, 0.15) is 24.6 Å². The molecule has 1 heterocycles.